The molecule has 0 unspecified atom stereocenters. The number of benzene rings is 2. The molecule has 3 N–H and O–H groups in total. The van der Waals surface area contributed by atoms with E-state index in [0.29, 0.717) is 17.1 Å². The highest BCUT2D eigenvalue weighted by Crippen LogP contribution is 2.33. The van der Waals surface area contributed by atoms with E-state index in [1.54, 1.807) is 0 Å². The summed E-state index contributed by atoms with van der Waals surface area (Å²) in [6.45, 7) is 3.86. The average Bonchev–Trinajstić information content (AvgIpc) is 2.93. The van der Waals surface area contributed by atoms with Gasteiger partial charge in [-0.25, -0.2) is 8.78 Å². The van der Waals surface area contributed by atoms with E-state index >= 15 is 0 Å². The first-order chi connectivity index (χ1) is 11.0. The summed E-state index contributed by atoms with van der Waals surface area (Å²) in [7, 11) is 0. The van der Waals surface area contributed by atoms with Crippen molar-refractivity contribution < 1.29 is 8.78 Å². The van der Waals surface area contributed by atoms with Crippen molar-refractivity contribution in [3.05, 3.63) is 57.9 Å². The Morgan fingerprint density at radius 1 is 1.09 bits per heavy atom. The summed E-state index contributed by atoms with van der Waals surface area (Å²) in [5.41, 5.74) is 3.10. The van der Waals surface area contributed by atoms with Crippen LogP contribution in [0.15, 0.2) is 30.3 Å². The number of H-pyrrole nitrogens is 2. The highest BCUT2D eigenvalue weighted by atomic mass is 32.1. The highest BCUT2D eigenvalue weighted by molar-refractivity contribution is 7.71. The number of hydrogen-bond donors (Lipinski definition) is 3. The van der Waals surface area contributed by atoms with Gasteiger partial charge in [-0.15, -0.1) is 0 Å². The zero-order valence-electron chi connectivity index (χ0n) is 12.5. The topological polar surface area (TPSA) is 56.5 Å². The van der Waals surface area contributed by atoms with Crippen LogP contribution < -0.4 is 5.32 Å². The van der Waals surface area contributed by atoms with Crippen molar-refractivity contribution >= 4 is 23.6 Å². The smallest absolute Gasteiger partial charge is 0.213 e. The molecule has 0 bridgehead atoms. The number of nitrogens with zero attached hydrogens (tertiary/aromatic N) is 1. The van der Waals surface area contributed by atoms with E-state index < -0.39 is 11.6 Å². The molecule has 4 nitrogen and oxygen atoms in total. The molecule has 7 heteroatoms. The summed E-state index contributed by atoms with van der Waals surface area (Å²) in [6.07, 6.45) is 0. The van der Waals surface area contributed by atoms with E-state index in [0.717, 1.165) is 17.2 Å². The van der Waals surface area contributed by atoms with Gasteiger partial charge in [0.15, 0.2) is 17.5 Å². The van der Waals surface area contributed by atoms with Crippen LogP contribution in [0.1, 0.15) is 11.1 Å². The molecule has 0 atom stereocenters. The first-order valence-electron chi connectivity index (χ1n) is 6.93. The molecular formula is C16H14F2N4S. The maximum atomic E-state index is 14.3. The molecule has 0 spiro atoms. The molecule has 3 aromatic rings. The monoisotopic (exact) mass is 332 g/mol. The number of nitrogens with one attached hydrogen (secondary N) is 3. The number of hydrogen-bond acceptors (Lipinski definition) is 3. The molecule has 0 aliphatic rings. The Kier molecular flexibility index (Phi) is 3.96. The largest absolute Gasteiger partial charge is 0.352 e. The lowest BCUT2D eigenvalue weighted by Gasteiger charge is -2.14. The van der Waals surface area contributed by atoms with E-state index in [1.165, 1.54) is 6.07 Å². The van der Waals surface area contributed by atoms with E-state index in [-0.39, 0.29) is 10.5 Å². The summed E-state index contributed by atoms with van der Waals surface area (Å²) in [5, 5.41) is 8.36. The minimum Gasteiger partial charge on any atom is -0.352 e. The van der Waals surface area contributed by atoms with Crippen LogP contribution in [-0.2, 0) is 0 Å². The number of anilines is 2. The number of aryl methyl sites for hydroxylation is 2. The molecule has 1 aromatic heterocycles. The molecule has 0 amide bonds. The second-order valence-electron chi connectivity index (χ2n) is 5.24. The quantitative estimate of drug-likeness (QED) is 0.605. The number of aromatic nitrogens is 3. The summed E-state index contributed by atoms with van der Waals surface area (Å²) < 4.78 is 28.2. The number of aromatic amines is 2. The van der Waals surface area contributed by atoms with Gasteiger partial charge < -0.3 is 5.32 Å². The lowest BCUT2D eigenvalue weighted by atomic mass is 10.1. The minimum absolute atomic E-state index is 0.00898. The van der Waals surface area contributed by atoms with Gasteiger partial charge in [-0.2, -0.15) is 4.98 Å². The SMILES string of the molecule is Cc1ccc(Nc2c(-c3nc(=S)[nH][nH]3)ccc(F)c2F)c(C)c1. The molecule has 118 valence electrons. The van der Waals surface area contributed by atoms with Crippen LogP contribution in [0.25, 0.3) is 11.4 Å². The lowest BCUT2D eigenvalue weighted by molar-refractivity contribution is 0.512. The Labute approximate surface area is 136 Å². The fourth-order valence-electron chi connectivity index (χ4n) is 2.36. The van der Waals surface area contributed by atoms with Gasteiger partial charge in [0.05, 0.1) is 5.69 Å². The molecular weight excluding hydrogens is 318 g/mol. The Balaban J connectivity index is 2.13. The Hall–Kier alpha value is -2.54. The second-order valence-corrected chi connectivity index (χ2v) is 5.63. The maximum absolute atomic E-state index is 14.3. The van der Waals surface area contributed by atoms with Gasteiger partial charge in [0, 0.05) is 11.3 Å². The molecule has 0 saturated carbocycles. The Bertz CT molecular complexity index is 930. The zero-order chi connectivity index (χ0) is 16.6. The fraction of sp³-hybridized carbons (Fsp3) is 0.125. The van der Waals surface area contributed by atoms with Crippen LogP contribution in [0.4, 0.5) is 20.2 Å². The maximum Gasteiger partial charge on any atom is 0.213 e. The van der Waals surface area contributed by atoms with Crippen molar-refractivity contribution in [3.8, 4) is 11.4 Å². The van der Waals surface area contributed by atoms with Crippen LogP contribution in [-0.4, -0.2) is 15.2 Å². The van der Waals surface area contributed by atoms with Crippen LogP contribution in [0, 0.1) is 30.3 Å². The molecule has 0 aliphatic carbocycles. The van der Waals surface area contributed by atoms with Gasteiger partial charge in [0.2, 0.25) is 4.77 Å². The number of rotatable bonds is 3. The van der Waals surface area contributed by atoms with Gasteiger partial charge in [-0.1, -0.05) is 17.7 Å². The molecule has 3 rings (SSSR count). The molecule has 23 heavy (non-hydrogen) atoms. The van der Waals surface area contributed by atoms with Crippen molar-refractivity contribution in [1.29, 1.82) is 0 Å². The number of halogens is 2. The second kappa shape index (κ2) is 5.92. The minimum atomic E-state index is -0.968. The van der Waals surface area contributed by atoms with Crippen molar-refractivity contribution in [1.82, 2.24) is 15.2 Å². The average molecular weight is 332 g/mol. The molecule has 2 aromatic carbocycles. The van der Waals surface area contributed by atoms with Gasteiger partial charge in [0.25, 0.3) is 0 Å². The first kappa shape index (κ1) is 15.4. The van der Waals surface area contributed by atoms with Crippen LogP contribution >= 0.6 is 12.2 Å². The molecule has 0 fully saturated rings. The fourth-order valence-corrected chi connectivity index (χ4v) is 2.50. The van der Waals surface area contributed by atoms with E-state index in [1.807, 2.05) is 32.0 Å². The third-order valence-electron chi connectivity index (χ3n) is 3.49. The van der Waals surface area contributed by atoms with Crippen molar-refractivity contribution in [2.75, 3.05) is 5.32 Å². The van der Waals surface area contributed by atoms with Gasteiger partial charge >= 0.3 is 0 Å². The third kappa shape index (κ3) is 3.00. The van der Waals surface area contributed by atoms with Crippen molar-refractivity contribution in [2.45, 2.75) is 13.8 Å². The highest BCUT2D eigenvalue weighted by Gasteiger charge is 2.17. The zero-order valence-corrected chi connectivity index (χ0v) is 13.3. The summed E-state index contributed by atoms with van der Waals surface area (Å²) >= 11 is 4.91. The molecule has 0 saturated heterocycles. The van der Waals surface area contributed by atoms with Crippen LogP contribution in [0.3, 0.4) is 0 Å². The predicted molar refractivity (Wildman–Crippen MR) is 88.3 cm³/mol. The Morgan fingerprint density at radius 3 is 2.52 bits per heavy atom. The summed E-state index contributed by atoms with van der Waals surface area (Å²) in [6, 6.07) is 8.19. The Morgan fingerprint density at radius 2 is 1.87 bits per heavy atom. The standard InChI is InChI=1S/C16H14F2N4S/c1-8-3-6-12(9(2)7-8)19-14-10(4-5-11(17)13(14)18)15-20-16(23)22-21-15/h3-7,19H,1-2H3,(H2,20,21,22,23). The van der Waals surface area contributed by atoms with E-state index in [2.05, 4.69) is 20.5 Å². The molecule has 0 aliphatic heterocycles. The van der Waals surface area contributed by atoms with Gasteiger partial charge in [-0.3, -0.25) is 10.2 Å². The van der Waals surface area contributed by atoms with E-state index in [4.69, 9.17) is 12.2 Å². The molecule has 1 heterocycles. The summed E-state index contributed by atoms with van der Waals surface area (Å²) in [4.78, 5) is 4.07. The first-order valence-corrected chi connectivity index (χ1v) is 7.34. The predicted octanol–water partition coefficient (Wildman–Crippen LogP) is 4.77. The lowest BCUT2D eigenvalue weighted by Crippen LogP contribution is -2.01. The van der Waals surface area contributed by atoms with Gasteiger partial charge in [0.1, 0.15) is 0 Å². The van der Waals surface area contributed by atoms with Crippen molar-refractivity contribution in [2.24, 2.45) is 0 Å². The normalized spacial score (nSPS) is 10.8. The third-order valence-corrected chi connectivity index (χ3v) is 3.69. The van der Waals surface area contributed by atoms with Crippen molar-refractivity contribution in [3.63, 3.8) is 0 Å². The van der Waals surface area contributed by atoms with Gasteiger partial charge in [-0.05, 0) is 49.8 Å². The van der Waals surface area contributed by atoms with E-state index in [9.17, 15) is 8.78 Å². The van der Waals surface area contributed by atoms with Crippen LogP contribution in [0.5, 0.6) is 0 Å². The molecule has 0 radical (unpaired) electrons. The summed E-state index contributed by atoms with van der Waals surface area (Å²) in [5.74, 6) is -1.57. The van der Waals surface area contributed by atoms with Crippen LogP contribution in [0.2, 0.25) is 0 Å².